The van der Waals surface area contributed by atoms with Crippen molar-refractivity contribution < 1.29 is 9.59 Å². The van der Waals surface area contributed by atoms with Gasteiger partial charge < -0.3 is 15.2 Å². The third-order valence-electron chi connectivity index (χ3n) is 4.43. The second-order valence-electron chi connectivity index (χ2n) is 6.11. The van der Waals surface area contributed by atoms with E-state index in [2.05, 4.69) is 19.6 Å². The molecule has 0 unspecified atom stereocenters. The Morgan fingerprint density at radius 1 is 1.28 bits per heavy atom. The molecule has 0 atom stereocenters. The topological polar surface area (TPSA) is 76.0 Å². The Morgan fingerprint density at radius 2 is 2.12 bits per heavy atom. The maximum Gasteiger partial charge on any atom is 0.297 e. The van der Waals surface area contributed by atoms with E-state index in [4.69, 9.17) is 0 Å². The fourth-order valence-corrected chi connectivity index (χ4v) is 4.01. The Labute approximate surface area is 149 Å². The van der Waals surface area contributed by atoms with Crippen molar-refractivity contribution in [1.82, 2.24) is 14.3 Å². The van der Waals surface area contributed by atoms with Crippen molar-refractivity contribution in [2.75, 3.05) is 18.4 Å². The highest BCUT2D eigenvalue weighted by molar-refractivity contribution is 7.10. The second-order valence-corrected chi connectivity index (χ2v) is 6.91. The normalized spacial score (nSPS) is 14.1. The molecule has 0 bridgehead atoms. The number of nitrogens with zero attached hydrogens (tertiary/aromatic N) is 2. The summed E-state index contributed by atoms with van der Waals surface area (Å²) in [5.74, 6) is -1.10. The van der Waals surface area contributed by atoms with Crippen molar-refractivity contribution in [3.8, 4) is 0 Å². The molecular formula is C18H18N4O2S. The summed E-state index contributed by atoms with van der Waals surface area (Å²) in [5, 5.41) is 7.46. The van der Waals surface area contributed by atoms with E-state index in [1.54, 1.807) is 6.07 Å². The summed E-state index contributed by atoms with van der Waals surface area (Å²) in [6.45, 7) is 4.29. The molecule has 6 nitrogen and oxygen atoms in total. The van der Waals surface area contributed by atoms with Crippen molar-refractivity contribution in [3.05, 3.63) is 47.3 Å². The van der Waals surface area contributed by atoms with Gasteiger partial charge in [0.25, 0.3) is 11.7 Å². The number of ketones is 1. The van der Waals surface area contributed by atoms with E-state index in [1.807, 2.05) is 31.2 Å². The highest BCUT2D eigenvalue weighted by atomic mass is 32.1. The smallest absolute Gasteiger partial charge is 0.297 e. The predicted molar refractivity (Wildman–Crippen MR) is 98.3 cm³/mol. The zero-order valence-electron chi connectivity index (χ0n) is 13.8. The maximum absolute atomic E-state index is 13.0. The molecule has 0 saturated carbocycles. The number of hydrogen-bond donors (Lipinski definition) is 2. The van der Waals surface area contributed by atoms with Gasteiger partial charge in [-0.15, -0.1) is 0 Å². The lowest BCUT2D eigenvalue weighted by atomic mass is 10.0. The van der Waals surface area contributed by atoms with E-state index in [-0.39, 0.29) is 0 Å². The third kappa shape index (κ3) is 2.85. The summed E-state index contributed by atoms with van der Waals surface area (Å²) in [6.07, 6.45) is 0.725. The molecule has 1 aliphatic rings. The van der Waals surface area contributed by atoms with E-state index >= 15 is 0 Å². The molecule has 1 amide bonds. The van der Waals surface area contributed by atoms with E-state index in [0.29, 0.717) is 10.6 Å². The Balaban J connectivity index is 1.76. The number of anilines is 1. The lowest BCUT2D eigenvalue weighted by Crippen LogP contribution is -2.24. The van der Waals surface area contributed by atoms with Gasteiger partial charge in [-0.2, -0.15) is 4.37 Å². The number of hydrogen-bond acceptors (Lipinski definition) is 5. The Bertz CT molecular complexity index is 973. The molecule has 4 rings (SSSR count). The molecule has 128 valence electrons. The molecule has 0 saturated heterocycles. The first kappa shape index (κ1) is 16.0. The number of carbonyl (C=O) groups excluding carboxylic acids is 2. The molecule has 3 aromatic rings. The number of rotatable bonds is 3. The van der Waals surface area contributed by atoms with Crippen LogP contribution < -0.4 is 10.6 Å². The van der Waals surface area contributed by atoms with Crippen LogP contribution in [-0.4, -0.2) is 33.7 Å². The van der Waals surface area contributed by atoms with Gasteiger partial charge in [0.05, 0.1) is 11.3 Å². The summed E-state index contributed by atoms with van der Waals surface area (Å²) in [5.41, 5.74) is 3.29. The van der Waals surface area contributed by atoms with Crippen LogP contribution in [0.3, 0.4) is 0 Å². The van der Waals surface area contributed by atoms with E-state index < -0.39 is 11.7 Å². The molecule has 1 aliphatic heterocycles. The summed E-state index contributed by atoms with van der Waals surface area (Å²) < 4.78 is 6.29. The molecule has 7 heteroatoms. The Morgan fingerprint density at radius 3 is 2.92 bits per heavy atom. The fourth-order valence-electron chi connectivity index (χ4n) is 3.35. The number of aryl methyl sites for hydroxylation is 1. The minimum atomic E-state index is -0.611. The monoisotopic (exact) mass is 354 g/mol. The standard InChI is InChI=1S/C18H18N4O2S/c1-11-10-15(25-21-11)20-18(24)17(23)16-12-4-2-3-5-13(12)22-9-8-19-7-6-14(16)22/h2-5,10,19H,6-9H2,1H3,(H,20,24). The minimum absolute atomic E-state index is 0.488. The largest absolute Gasteiger partial charge is 0.343 e. The number of fused-ring (bicyclic) bond motifs is 3. The van der Waals surface area contributed by atoms with E-state index in [9.17, 15) is 9.59 Å². The molecule has 0 radical (unpaired) electrons. The van der Waals surface area contributed by atoms with Crippen LogP contribution in [0.2, 0.25) is 0 Å². The number of Topliss-reactive ketones (excluding diaryl/α,β-unsaturated/α-hetero) is 1. The van der Waals surface area contributed by atoms with Crippen LogP contribution in [0.25, 0.3) is 10.9 Å². The number of para-hydroxylation sites is 1. The number of benzene rings is 1. The van der Waals surface area contributed by atoms with E-state index in [1.165, 1.54) is 11.5 Å². The summed E-state index contributed by atoms with van der Waals surface area (Å²) in [4.78, 5) is 25.5. The highest BCUT2D eigenvalue weighted by Crippen LogP contribution is 2.28. The first-order valence-corrected chi connectivity index (χ1v) is 9.02. The number of carbonyl (C=O) groups is 2. The quantitative estimate of drug-likeness (QED) is 0.559. The van der Waals surface area contributed by atoms with Crippen LogP contribution in [0, 0.1) is 6.92 Å². The maximum atomic E-state index is 13.0. The molecule has 1 aromatic carbocycles. The highest BCUT2D eigenvalue weighted by Gasteiger charge is 2.27. The SMILES string of the molecule is Cc1cc(NC(=O)C(=O)c2c3n(c4ccccc24)CCNCC3)sn1. The van der Waals surface area contributed by atoms with Crippen molar-refractivity contribution in [1.29, 1.82) is 0 Å². The second kappa shape index (κ2) is 6.42. The molecule has 0 spiro atoms. The number of nitrogens with one attached hydrogen (secondary N) is 2. The molecular weight excluding hydrogens is 336 g/mol. The van der Waals surface area contributed by atoms with Gasteiger partial charge in [-0.3, -0.25) is 9.59 Å². The Hall–Kier alpha value is -2.51. The van der Waals surface area contributed by atoms with Gasteiger partial charge in [0.2, 0.25) is 0 Å². The lowest BCUT2D eigenvalue weighted by molar-refractivity contribution is -0.112. The van der Waals surface area contributed by atoms with Gasteiger partial charge in [-0.05, 0) is 30.6 Å². The molecule has 25 heavy (non-hydrogen) atoms. The first-order chi connectivity index (χ1) is 12.1. The molecule has 0 fully saturated rings. The van der Waals surface area contributed by atoms with Crippen molar-refractivity contribution >= 4 is 39.1 Å². The van der Waals surface area contributed by atoms with Crippen LogP contribution in [0.1, 0.15) is 21.7 Å². The first-order valence-electron chi connectivity index (χ1n) is 8.25. The van der Waals surface area contributed by atoms with Crippen molar-refractivity contribution in [2.45, 2.75) is 19.9 Å². The average Bonchev–Trinajstić information content (AvgIpc) is 3.05. The number of aromatic nitrogens is 2. The van der Waals surface area contributed by atoms with Crippen LogP contribution in [0.5, 0.6) is 0 Å². The fraction of sp³-hybridized carbons (Fsp3) is 0.278. The van der Waals surface area contributed by atoms with Gasteiger partial charge in [0.1, 0.15) is 5.00 Å². The van der Waals surface area contributed by atoms with Gasteiger partial charge in [-0.25, -0.2) is 0 Å². The van der Waals surface area contributed by atoms with Crippen LogP contribution in [-0.2, 0) is 17.8 Å². The van der Waals surface area contributed by atoms with Gasteiger partial charge in [-0.1, -0.05) is 18.2 Å². The van der Waals surface area contributed by atoms with Crippen molar-refractivity contribution in [2.24, 2.45) is 0 Å². The zero-order valence-corrected chi connectivity index (χ0v) is 14.7. The molecule has 2 aromatic heterocycles. The summed E-state index contributed by atoms with van der Waals surface area (Å²) in [6, 6.07) is 9.55. The summed E-state index contributed by atoms with van der Waals surface area (Å²) in [7, 11) is 0. The summed E-state index contributed by atoms with van der Waals surface area (Å²) >= 11 is 1.18. The van der Waals surface area contributed by atoms with Crippen LogP contribution in [0.4, 0.5) is 5.00 Å². The van der Waals surface area contributed by atoms with Gasteiger partial charge in [0.15, 0.2) is 0 Å². The molecule has 3 heterocycles. The molecule has 2 N–H and O–H groups in total. The average molecular weight is 354 g/mol. The predicted octanol–water partition coefficient (Wildman–Crippen LogP) is 2.37. The number of amides is 1. The molecule has 0 aliphatic carbocycles. The van der Waals surface area contributed by atoms with Gasteiger partial charge in [0, 0.05) is 42.7 Å². The Kier molecular flexibility index (Phi) is 4.10. The lowest BCUT2D eigenvalue weighted by Gasteiger charge is -2.07. The van der Waals surface area contributed by atoms with Crippen LogP contribution >= 0.6 is 11.5 Å². The zero-order chi connectivity index (χ0) is 17.4. The third-order valence-corrected chi connectivity index (χ3v) is 5.22. The minimum Gasteiger partial charge on any atom is -0.343 e. The van der Waals surface area contributed by atoms with Crippen molar-refractivity contribution in [3.63, 3.8) is 0 Å². The van der Waals surface area contributed by atoms with Gasteiger partial charge >= 0.3 is 0 Å². The van der Waals surface area contributed by atoms with Crippen LogP contribution in [0.15, 0.2) is 30.3 Å². The van der Waals surface area contributed by atoms with E-state index in [0.717, 1.165) is 48.3 Å².